The molecule has 0 aromatic rings. The molecule has 0 saturated heterocycles. The fraction of sp³-hybridized carbons (Fsp3) is 0.914. The smallest absolute Gasteiger partial charge is 0.306 e. The van der Waals surface area contributed by atoms with E-state index in [1.54, 1.807) is 0 Å². The average molecular weight is 1150 g/mol. The van der Waals surface area contributed by atoms with Gasteiger partial charge in [-0.3, -0.25) is 14.2 Å². The van der Waals surface area contributed by atoms with Gasteiger partial charge in [0.25, 0.3) is 7.82 Å². The number of nitrogens with zero attached hydrogens (tertiary/aromatic N) is 1. The Morgan fingerprint density at radius 1 is 0.388 bits per heavy atom. The van der Waals surface area contributed by atoms with Gasteiger partial charge >= 0.3 is 11.9 Å². The molecule has 0 saturated carbocycles. The first-order valence-corrected chi connectivity index (χ1v) is 36.5. The molecule has 10 heteroatoms. The van der Waals surface area contributed by atoms with Crippen LogP contribution in [0.2, 0.25) is 0 Å². The summed E-state index contributed by atoms with van der Waals surface area (Å²) in [6.45, 7) is 4.26. The van der Waals surface area contributed by atoms with Gasteiger partial charge in [-0.25, -0.2) is 0 Å². The SMILES string of the molecule is CCCCCC/C=C\C/C=C\CCCCCCCC(=O)OC(COC(=O)CCCCCCCCCCCCCCCCCCCCCCCCCCCCCCCCCCCCCCCCCC)COP(=O)([O-])OCC[N+](C)(C)C. The van der Waals surface area contributed by atoms with Crippen LogP contribution in [0.4, 0.5) is 0 Å². The van der Waals surface area contributed by atoms with E-state index in [9.17, 15) is 19.0 Å². The molecule has 2 unspecified atom stereocenters. The van der Waals surface area contributed by atoms with Crippen LogP contribution in [0.5, 0.6) is 0 Å². The predicted octanol–water partition coefficient (Wildman–Crippen LogP) is 21.9. The summed E-state index contributed by atoms with van der Waals surface area (Å²) in [5.41, 5.74) is 0. The van der Waals surface area contributed by atoms with Crippen molar-refractivity contribution in [3.63, 3.8) is 0 Å². The Bertz CT molecular complexity index is 1400. The molecule has 0 amide bonds. The van der Waals surface area contributed by atoms with Gasteiger partial charge in [-0.1, -0.05) is 327 Å². The summed E-state index contributed by atoms with van der Waals surface area (Å²) in [6, 6.07) is 0. The van der Waals surface area contributed by atoms with Crippen molar-refractivity contribution in [2.45, 2.75) is 367 Å². The van der Waals surface area contributed by atoms with Crippen LogP contribution in [0.1, 0.15) is 361 Å². The third-order valence-corrected chi connectivity index (χ3v) is 16.9. The number of quaternary nitrogens is 1. The maximum Gasteiger partial charge on any atom is 0.306 e. The second kappa shape index (κ2) is 62.0. The fourth-order valence-electron chi connectivity index (χ4n) is 10.6. The van der Waals surface area contributed by atoms with Crippen molar-refractivity contribution < 1.29 is 42.1 Å². The van der Waals surface area contributed by atoms with Crippen molar-refractivity contribution in [2.24, 2.45) is 0 Å². The van der Waals surface area contributed by atoms with E-state index in [2.05, 4.69) is 38.2 Å². The quantitative estimate of drug-likeness (QED) is 0.0195. The molecule has 0 aromatic heterocycles. The Hall–Kier alpha value is -1.51. The molecule has 2 atom stereocenters. The molecule has 0 rings (SSSR count). The maximum atomic E-state index is 12.8. The molecule has 0 aliphatic heterocycles. The summed E-state index contributed by atoms with van der Waals surface area (Å²) in [4.78, 5) is 37.9. The first kappa shape index (κ1) is 78.5. The normalized spacial score (nSPS) is 13.2. The van der Waals surface area contributed by atoms with E-state index >= 15 is 0 Å². The van der Waals surface area contributed by atoms with Gasteiger partial charge in [-0.2, -0.15) is 0 Å². The summed E-state index contributed by atoms with van der Waals surface area (Å²) >= 11 is 0. The van der Waals surface area contributed by atoms with Gasteiger partial charge in [0.2, 0.25) is 0 Å². The summed E-state index contributed by atoms with van der Waals surface area (Å²) in [6.07, 6.45) is 77.3. The number of ether oxygens (including phenoxy) is 2. The van der Waals surface area contributed by atoms with Gasteiger partial charge in [0.1, 0.15) is 19.8 Å². The number of unbranched alkanes of at least 4 members (excludes halogenated alkanes) is 48. The highest BCUT2D eigenvalue weighted by Crippen LogP contribution is 2.38. The van der Waals surface area contributed by atoms with E-state index in [-0.39, 0.29) is 32.0 Å². The molecule has 474 valence electrons. The van der Waals surface area contributed by atoms with Crippen molar-refractivity contribution in [3.05, 3.63) is 24.3 Å². The second-order valence-corrected chi connectivity index (χ2v) is 26.7. The predicted molar refractivity (Wildman–Crippen MR) is 342 cm³/mol. The topological polar surface area (TPSA) is 111 Å². The average Bonchev–Trinajstić information content (AvgIpc) is 3.42. The number of likely N-dealkylation sites (N-methyl/N-ethyl adjacent to an activating group) is 1. The monoisotopic (exact) mass is 1150 g/mol. The van der Waals surface area contributed by atoms with Crippen LogP contribution < -0.4 is 4.89 Å². The zero-order valence-electron chi connectivity index (χ0n) is 54.1. The molecule has 0 spiro atoms. The van der Waals surface area contributed by atoms with Crippen LogP contribution >= 0.6 is 7.82 Å². The van der Waals surface area contributed by atoms with Crippen molar-refractivity contribution in [1.29, 1.82) is 0 Å². The highest BCUT2D eigenvalue weighted by atomic mass is 31.2. The summed E-state index contributed by atoms with van der Waals surface area (Å²) < 4.78 is 34.2. The number of hydrogen-bond acceptors (Lipinski definition) is 8. The van der Waals surface area contributed by atoms with Gasteiger partial charge in [-0.05, 0) is 44.9 Å². The number of hydrogen-bond donors (Lipinski definition) is 0. The number of carbonyl (C=O) groups excluding carboxylic acids is 2. The molecule has 0 heterocycles. The maximum absolute atomic E-state index is 12.8. The molecule has 0 aromatic carbocycles. The number of carbonyl (C=O) groups is 2. The zero-order chi connectivity index (χ0) is 58.4. The van der Waals surface area contributed by atoms with Gasteiger partial charge in [0.05, 0.1) is 27.7 Å². The van der Waals surface area contributed by atoms with E-state index in [4.69, 9.17) is 18.5 Å². The number of phosphoric acid groups is 1. The molecule has 9 nitrogen and oxygen atoms in total. The second-order valence-electron chi connectivity index (χ2n) is 25.3. The molecular weight excluding hydrogens is 1010 g/mol. The Labute approximate surface area is 498 Å². The molecule has 0 bridgehead atoms. The third kappa shape index (κ3) is 65.6. The van der Waals surface area contributed by atoms with Crippen molar-refractivity contribution >= 4 is 19.8 Å². The van der Waals surface area contributed by atoms with E-state index < -0.39 is 26.5 Å². The van der Waals surface area contributed by atoms with Crippen molar-refractivity contribution in [1.82, 2.24) is 0 Å². The molecule has 0 fully saturated rings. The highest BCUT2D eigenvalue weighted by Gasteiger charge is 2.22. The first-order chi connectivity index (χ1) is 39.0. The zero-order valence-corrected chi connectivity index (χ0v) is 55.0. The first-order valence-electron chi connectivity index (χ1n) is 35.0. The van der Waals surface area contributed by atoms with Crippen LogP contribution in [-0.4, -0.2) is 70.0 Å². The van der Waals surface area contributed by atoms with E-state index in [0.29, 0.717) is 17.4 Å². The minimum absolute atomic E-state index is 0.0313. The minimum Gasteiger partial charge on any atom is -0.756 e. The summed E-state index contributed by atoms with van der Waals surface area (Å²) in [5.74, 6) is -0.832. The number of rotatable bonds is 66. The van der Waals surface area contributed by atoms with E-state index in [0.717, 1.165) is 57.8 Å². The van der Waals surface area contributed by atoms with Crippen molar-refractivity contribution in [3.8, 4) is 0 Å². The Balaban J connectivity index is 3.83. The van der Waals surface area contributed by atoms with Crippen LogP contribution in [-0.2, 0) is 32.7 Å². The minimum atomic E-state index is -4.64. The number of esters is 2. The molecule has 0 aliphatic rings. The lowest BCUT2D eigenvalue weighted by atomic mass is 10.0. The molecule has 0 N–H and O–H groups in total. The van der Waals surface area contributed by atoms with Gasteiger partial charge in [0, 0.05) is 12.8 Å². The lowest BCUT2D eigenvalue weighted by Crippen LogP contribution is -2.37. The van der Waals surface area contributed by atoms with Crippen LogP contribution in [0.25, 0.3) is 0 Å². The highest BCUT2D eigenvalue weighted by molar-refractivity contribution is 7.45. The Morgan fingerprint density at radius 2 is 0.675 bits per heavy atom. The lowest BCUT2D eigenvalue weighted by Gasteiger charge is -2.28. The fourth-order valence-corrected chi connectivity index (χ4v) is 11.3. The van der Waals surface area contributed by atoms with Crippen molar-refractivity contribution in [2.75, 3.05) is 47.5 Å². The largest absolute Gasteiger partial charge is 0.756 e. The van der Waals surface area contributed by atoms with E-state index in [1.807, 2.05) is 21.1 Å². The lowest BCUT2D eigenvalue weighted by molar-refractivity contribution is -0.870. The molecular formula is C70H136NO8P. The molecule has 0 aliphatic carbocycles. The van der Waals surface area contributed by atoms with Gasteiger partial charge in [-0.15, -0.1) is 0 Å². The van der Waals surface area contributed by atoms with Gasteiger partial charge in [0.15, 0.2) is 6.10 Å². The van der Waals surface area contributed by atoms with E-state index in [1.165, 1.54) is 270 Å². The van der Waals surface area contributed by atoms with Crippen LogP contribution in [0, 0.1) is 0 Å². The standard InChI is InChI=1S/C70H136NO8P/c1-6-8-10-12-14-16-18-20-22-24-25-26-27-28-29-30-31-32-33-34-35-36-37-38-39-40-41-42-43-44-45-46-47-49-50-52-54-56-58-60-62-69(72)76-66-68(67-78-80(74,75)77-65-64-71(3,4)5)79-70(73)63-61-59-57-55-53-51-48-23-21-19-17-15-13-11-9-7-2/h17,19,23,48,68H,6-16,18,20-22,24-47,49-67H2,1-5H3/b19-17-,48-23-. The third-order valence-electron chi connectivity index (χ3n) is 16.0. The Kier molecular flexibility index (Phi) is 60.9. The van der Waals surface area contributed by atoms with Crippen LogP contribution in [0.3, 0.4) is 0 Å². The summed E-state index contributed by atoms with van der Waals surface area (Å²) in [7, 11) is 1.17. The van der Waals surface area contributed by atoms with Gasteiger partial charge < -0.3 is 27.9 Å². The molecule has 80 heavy (non-hydrogen) atoms. The summed E-state index contributed by atoms with van der Waals surface area (Å²) in [5, 5.41) is 0. The van der Waals surface area contributed by atoms with Crippen LogP contribution in [0.15, 0.2) is 24.3 Å². The molecule has 0 radical (unpaired) electrons. The number of phosphoric ester groups is 1. The number of allylic oxidation sites excluding steroid dienone is 4. The Morgan fingerprint density at radius 3 is 1.00 bits per heavy atom.